The number of carbonyl (C=O) groups is 2. The zero-order valence-corrected chi connectivity index (χ0v) is 5.96. The van der Waals surface area contributed by atoms with Gasteiger partial charge in [-0.15, -0.1) is 0 Å². The predicted octanol–water partition coefficient (Wildman–Crippen LogP) is -0.761. The van der Waals surface area contributed by atoms with Gasteiger partial charge in [-0.25, -0.2) is 0 Å². The van der Waals surface area contributed by atoms with Gasteiger partial charge in [-0.3, -0.25) is 14.9 Å². The molecule has 3 N–H and O–H groups in total. The Labute approximate surface area is 64.2 Å². The van der Waals surface area contributed by atoms with Crippen LogP contribution < -0.4 is 11.1 Å². The first-order valence-electron chi connectivity index (χ1n) is 3.13. The summed E-state index contributed by atoms with van der Waals surface area (Å²) in [5.41, 5.74) is 4.82. The number of nitriles is 1. The highest BCUT2D eigenvalue weighted by molar-refractivity contribution is 5.78. The van der Waals surface area contributed by atoms with Gasteiger partial charge in [0.25, 0.3) is 0 Å². The Morgan fingerprint density at radius 3 is 2.55 bits per heavy atom. The second-order valence-corrected chi connectivity index (χ2v) is 1.98. The number of amides is 2. The van der Waals surface area contributed by atoms with E-state index < -0.39 is 5.91 Å². The number of carbonyl (C=O) groups excluding carboxylic acids is 2. The molecule has 0 saturated carbocycles. The van der Waals surface area contributed by atoms with Crippen molar-refractivity contribution in [3.63, 3.8) is 0 Å². The van der Waals surface area contributed by atoms with Crippen LogP contribution in [0.5, 0.6) is 0 Å². The molecule has 0 aliphatic carbocycles. The minimum Gasteiger partial charge on any atom is -0.370 e. The highest BCUT2D eigenvalue weighted by Crippen LogP contribution is 1.92. The predicted molar refractivity (Wildman–Crippen MR) is 36.8 cm³/mol. The van der Waals surface area contributed by atoms with Crippen molar-refractivity contribution in [2.45, 2.75) is 19.3 Å². The molecule has 0 atom stereocenters. The molecule has 0 fully saturated rings. The number of rotatable bonds is 4. The molecule has 0 aromatic heterocycles. The van der Waals surface area contributed by atoms with E-state index in [4.69, 9.17) is 11.0 Å². The third-order valence-electron chi connectivity index (χ3n) is 1.02. The summed E-state index contributed by atoms with van der Waals surface area (Å²) in [7, 11) is 0. The number of hydrogen-bond donors (Lipinski definition) is 2. The Morgan fingerprint density at radius 2 is 2.09 bits per heavy atom. The van der Waals surface area contributed by atoms with Crippen LogP contribution in [0.25, 0.3) is 0 Å². The van der Waals surface area contributed by atoms with Crippen LogP contribution in [0, 0.1) is 11.5 Å². The molecule has 0 bridgehead atoms. The van der Waals surface area contributed by atoms with Crippen LogP contribution in [0.1, 0.15) is 19.3 Å². The Morgan fingerprint density at radius 1 is 1.45 bits per heavy atom. The average molecular weight is 155 g/mol. The van der Waals surface area contributed by atoms with Crippen LogP contribution in [-0.4, -0.2) is 11.8 Å². The summed E-state index contributed by atoms with van der Waals surface area (Å²) < 4.78 is 0. The first-order valence-corrected chi connectivity index (χ1v) is 3.13. The third kappa shape index (κ3) is 6.31. The molecule has 0 aromatic rings. The van der Waals surface area contributed by atoms with Crippen molar-refractivity contribution >= 4 is 11.8 Å². The van der Waals surface area contributed by atoms with Gasteiger partial charge in [0.15, 0.2) is 6.19 Å². The Bertz CT molecular complexity index is 194. The van der Waals surface area contributed by atoms with Crippen molar-refractivity contribution in [3.8, 4) is 6.19 Å². The molecule has 5 heteroatoms. The average Bonchev–Trinajstić information content (AvgIpc) is 1.87. The fourth-order valence-electron chi connectivity index (χ4n) is 0.548. The van der Waals surface area contributed by atoms with E-state index in [-0.39, 0.29) is 18.7 Å². The molecule has 2 amide bonds. The van der Waals surface area contributed by atoms with Crippen molar-refractivity contribution in [1.29, 1.82) is 5.26 Å². The van der Waals surface area contributed by atoms with Crippen LogP contribution in [0.15, 0.2) is 0 Å². The number of hydrogen-bond acceptors (Lipinski definition) is 3. The van der Waals surface area contributed by atoms with Gasteiger partial charge in [-0.05, 0) is 6.42 Å². The lowest BCUT2D eigenvalue weighted by molar-refractivity contribution is -0.120. The van der Waals surface area contributed by atoms with Gasteiger partial charge < -0.3 is 5.73 Å². The van der Waals surface area contributed by atoms with E-state index in [9.17, 15) is 9.59 Å². The highest BCUT2D eigenvalue weighted by Gasteiger charge is 2.00. The minimum atomic E-state index is -0.435. The highest BCUT2D eigenvalue weighted by atomic mass is 16.2. The Hall–Kier alpha value is -1.57. The molecular formula is C6H9N3O2. The molecule has 0 saturated heterocycles. The molecule has 0 heterocycles. The second kappa shape index (κ2) is 5.23. The van der Waals surface area contributed by atoms with Crippen LogP contribution in [0.4, 0.5) is 0 Å². The summed E-state index contributed by atoms with van der Waals surface area (Å²) in [5, 5.41) is 9.91. The van der Waals surface area contributed by atoms with Gasteiger partial charge >= 0.3 is 0 Å². The molecule has 0 radical (unpaired) electrons. The van der Waals surface area contributed by atoms with Crippen molar-refractivity contribution in [2.75, 3.05) is 0 Å². The van der Waals surface area contributed by atoms with Gasteiger partial charge in [-0.1, -0.05) is 0 Å². The molecule has 11 heavy (non-hydrogen) atoms. The van der Waals surface area contributed by atoms with Crippen LogP contribution in [0.3, 0.4) is 0 Å². The maximum atomic E-state index is 10.5. The fraction of sp³-hybridized carbons (Fsp3) is 0.500. The van der Waals surface area contributed by atoms with E-state index in [1.165, 1.54) is 6.19 Å². The SMILES string of the molecule is N#CNC(=O)CCCC(N)=O. The fourth-order valence-corrected chi connectivity index (χ4v) is 0.548. The van der Waals surface area contributed by atoms with Crippen molar-refractivity contribution < 1.29 is 9.59 Å². The summed E-state index contributed by atoms with van der Waals surface area (Å²) >= 11 is 0. The van der Waals surface area contributed by atoms with E-state index in [0.29, 0.717) is 6.42 Å². The lowest BCUT2D eigenvalue weighted by atomic mass is 10.2. The van der Waals surface area contributed by atoms with Crippen molar-refractivity contribution in [3.05, 3.63) is 0 Å². The van der Waals surface area contributed by atoms with E-state index in [1.54, 1.807) is 0 Å². The summed E-state index contributed by atoms with van der Waals surface area (Å²) in [6, 6.07) is 0. The van der Waals surface area contributed by atoms with Gasteiger partial charge in [0.05, 0.1) is 0 Å². The lowest BCUT2D eigenvalue weighted by Crippen LogP contribution is -2.18. The smallest absolute Gasteiger partial charge is 0.232 e. The van der Waals surface area contributed by atoms with E-state index in [1.807, 2.05) is 5.32 Å². The van der Waals surface area contributed by atoms with Crippen LogP contribution in [-0.2, 0) is 9.59 Å². The molecule has 0 aliphatic heterocycles. The monoisotopic (exact) mass is 155 g/mol. The zero-order chi connectivity index (χ0) is 8.69. The van der Waals surface area contributed by atoms with Gasteiger partial charge in [-0.2, -0.15) is 5.26 Å². The van der Waals surface area contributed by atoms with Crippen LogP contribution in [0.2, 0.25) is 0 Å². The minimum absolute atomic E-state index is 0.163. The first kappa shape index (κ1) is 9.43. The topological polar surface area (TPSA) is 96.0 Å². The number of nitrogens with one attached hydrogen (secondary N) is 1. The first-order chi connectivity index (χ1) is 5.16. The summed E-state index contributed by atoms with van der Waals surface area (Å²) in [6.07, 6.45) is 2.22. The van der Waals surface area contributed by atoms with Gasteiger partial charge in [0.2, 0.25) is 11.8 Å². The molecule has 0 aromatic carbocycles. The largest absolute Gasteiger partial charge is 0.370 e. The van der Waals surface area contributed by atoms with Gasteiger partial charge in [0.1, 0.15) is 0 Å². The number of nitrogens with two attached hydrogens (primary N) is 1. The molecule has 0 rings (SSSR count). The zero-order valence-electron chi connectivity index (χ0n) is 5.96. The summed E-state index contributed by atoms with van der Waals surface area (Å²) in [4.78, 5) is 20.7. The van der Waals surface area contributed by atoms with E-state index in [2.05, 4.69) is 0 Å². The van der Waals surface area contributed by atoms with Crippen molar-refractivity contribution in [1.82, 2.24) is 5.32 Å². The standard InChI is InChI=1S/C6H9N3O2/c7-4-9-6(11)3-1-2-5(8)10/h1-3H2,(H2,8,10)(H,9,11). The maximum absolute atomic E-state index is 10.5. The van der Waals surface area contributed by atoms with Crippen molar-refractivity contribution in [2.24, 2.45) is 5.73 Å². The molecule has 0 unspecified atom stereocenters. The Balaban J connectivity index is 3.33. The second-order valence-electron chi connectivity index (χ2n) is 1.98. The Kier molecular flexibility index (Phi) is 4.49. The van der Waals surface area contributed by atoms with Gasteiger partial charge in [0, 0.05) is 12.8 Å². The lowest BCUT2D eigenvalue weighted by Gasteiger charge is -1.94. The maximum Gasteiger partial charge on any atom is 0.232 e. The molecular weight excluding hydrogens is 146 g/mol. The van der Waals surface area contributed by atoms with E-state index in [0.717, 1.165) is 0 Å². The summed E-state index contributed by atoms with van der Waals surface area (Å²) in [5.74, 6) is -0.816. The normalized spacial score (nSPS) is 8.27. The molecule has 60 valence electrons. The molecule has 5 nitrogen and oxygen atoms in total. The molecule has 0 aliphatic rings. The van der Waals surface area contributed by atoms with Crippen LogP contribution >= 0.6 is 0 Å². The molecule has 0 spiro atoms. The third-order valence-corrected chi connectivity index (χ3v) is 1.02. The quantitative estimate of drug-likeness (QED) is 0.412. The number of primary amides is 1. The number of nitrogens with zero attached hydrogens (tertiary/aromatic N) is 1. The van der Waals surface area contributed by atoms with E-state index >= 15 is 0 Å². The summed E-state index contributed by atoms with van der Waals surface area (Å²) in [6.45, 7) is 0.